The second-order valence-electron chi connectivity index (χ2n) is 5.37. The predicted octanol–water partition coefficient (Wildman–Crippen LogP) is 3.34. The third-order valence-corrected chi connectivity index (χ3v) is 4.15. The molecule has 1 aliphatic rings. The summed E-state index contributed by atoms with van der Waals surface area (Å²) in [5, 5.41) is 12.3. The summed E-state index contributed by atoms with van der Waals surface area (Å²) in [4.78, 5) is 11.3. The zero-order chi connectivity index (χ0) is 15.9. The van der Waals surface area contributed by atoms with Crippen LogP contribution in [-0.4, -0.2) is 30.3 Å². The lowest BCUT2D eigenvalue weighted by molar-refractivity contribution is -0.139. The largest absolute Gasteiger partial charge is 0.490 e. The Bertz CT molecular complexity index is 521. The average Bonchev–Trinajstić information content (AvgIpc) is 2.72. The first-order valence-electron chi connectivity index (χ1n) is 7.66. The lowest BCUT2D eigenvalue weighted by Crippen LogP contribution is -2.36. The Morgan fingerprint density at radius 2 is 2.18 bits per heavy atom. The first-order valence-corrected chi connectivity index (χ1v) is 8.45. The Hall–Kier alpha value is -1.27. The molecule has 6 heteroatoms. The predicted molar refractivity (Wildman–Crippen MR) is 87.5 cm³/mol. The third-order valence-electron chi connectivity index (χ3n) is 3.56. The quantitative estimate of drug-likeness (QED) is 0.769. The van der Waals surface area contributed by atoms with Gasteiger partial charge in [0.1, 0.15) is 6.04 Å². The van der Waals surface area contributed by atoms with Crippen molar-refractivity contribution < 1.29 is 19.4 Å². The van der Waals surface area contributed by atoms with Crippen LogP contribution in [0.3, 0.4) is 0 Å². The summed E-state index contributed by atoms with van der Waals surface area (Å²) in [6, 6.07) is 3.34. The van der Waals surface area contributed by atoms with E-state index in [0.717, 1.165) is 35.0 Å². The van der Waals surface area contributed by atoms with Crippen molar-refractivity contribution in [2.24, 2.45) is 0 Å². The molecule has 1 heterocycles. The highest BCUT2D eigenvalue weighted by Gasteiger charge is 2.18. The SMILES string of the molecule is CCCCC(NCc1cc(Br)c2c(c1)OCCCO2)C(=O)O. The maximum Gasteiger partial charge on any atom is 0.320 e. The minimum Gasteiger partial charge on any atom is -0.490 e. The lowest BCUT2D eigenvalue weighted by atomic mass is 10.1. The third kappa shape index (κ3) is 4.61. The Balaban J connectivity index is 2.04. The lowest BCUT2D eigenvalue weighted by Gasteiger charge is -2.16. The number of hydrogen-bond donors (Lipinski definition) is 2. The molecule has 122 valence electrons. The van der Waals surface area contributed by atoms with Gasteiger partial charge in [-0.15, -0.1) is 0 Å². The normalized spacial score (nSPS) is 15.2. The second kappa shape index (κ2) is 8.39. The molecule has 0 saturated carbocycles. The number of rotatable bonds is 7. The molecule has 1 aliphatic heterocycles. The number of carboxylic acid groups (broad SMARTS) is 1. The molecule has 5 nitrogen and oxygen atoms in total. The van der Waals surface area contributed by atoms with E-state index in [1.54, 1.807) is 0 Å². The van der Waals surface area contributed by atoms with Gasteiger partial charge in [0.05, 0.1) is 17.7 Å². The summed E-state index contributed by atoms with van der Waals surface area (Å²) in [6.45, 7) is 3.81. The summed E-state index contributed by atoms with van der Waals surface area (Å²) in [6.07, 6.45) is 3.38. The average molecular weight is 372 g/mol. The highest BCUT2D eigenvalue weighted by Crippen LogP contribution is 2.38. The molecule has 2 N–H and O–H groups in total. The molecule has 22 heavy (non-hydrogen) atoms. The molecule has 1 atom stereocenters. The molecule has 0 spiro atoms. The van der Waals surface area contributed by atoms with E-state index < -0.39 is 12.0 Å². The standard InChI is InChI=1S/C16H22BrNO4/c1-2-3-5-13(16(19)20)18-10-11-8-12(17)15-14(9-11)21-6-4-7-22-15/h8-9,13,18H,2-7,10H2,1H3,(H,19,20). The van der Waals surface area contributed by atoms with E-state index in [0.29, 0.717) is 31.9 Å². The maximum atomic E-state index is 11.3. The molecular weight excluding hydrogens is 350 g/mol. The van der Waals surface area contributed by atoms with Crippen LogP contribution in [0.5, 0.6) is 11.5 Å². The van der Waals surface area contributed by atoms with Gasteiger partial charge in [0.15, 0.2) is 11.5 Å². The number of carbonyl (C=O) groups is 1. The van der Waals surface area contributed by atoms with Gasteiger partial charge in [0.2, 0.25) is 0 Å². The minimum atomic E-state index is -0.804. The van der Waals surface area contributed by atoms with Gasteiger partial charge in [-0.1, -0.05) is 19.8 Å². The highest BCUT2D eigenvalue weighted by molar-refractivity contribution is 9.10. The van der Waals surface area contributed by atoms with Crippen molar-refractivity contribution in [2.75, 3.05) is 13.2 Å². The van der Waals surface area contributed by atoms with Crippen molar-refractivity contribution >= 4 is 21.9 Å². The fourth-order valence-corrected chi connectivity index (χ4v) is 2.95. The number of halogens is 1. The summed E-state index contributed by atoms with van der Waals surface area (Å²) in [7, 11) is 0. The van der Waals surface area contributed by atoms with Gasteiger partial charge in [-0.25, -0.2) is 0 Å². The maximum absolute atomic E-state index is 11.3. The van der Waals surface area contributed by atoms with Crippen LogP contribution in [0.2, 0.25) is 0 Å². The zero-order valence-electron chi connectivity index (χ0n) is 12.7. The fraction of sp³-hybridized carbons (Fsp3) is 0.562. The van der Waals surface area contributed by atoms with Crippen molar-refractivity contribution in [3.05, 3.63) is 22.2 Å². The fourth-order valence-electron chi connectivity index (χ4n) is 2.35. The summed E-state index contributed by atoms with van der Waals surface area (Å²) < 4.78 is 12.2. The Labute approximate surface area is 139 Å². The molecule has 0 saturated heterocycles. The number of benzene rings is 1. The van der Waals surface area contributed by atoms with E-state index in [4.69, 9.17) is 9.47 Å². The van der Waals surface area contributed by atoms with Gasteiger partial charge in [-0.3, -0.25) is 4.79 Å². The van der Waals surface area contributed by atoms with E-state index >= 15 is 0 Å². The van der Waals surface area contributed by atoms with Crippen molar-refractivity contribution in [3.63, 3.8) is 0 Å². The summed E-state index contributed by atoms with van der Waals surface area (Å²) in [5.41, 5.74) is 0.971. The molecule has 0 radical (unpaired) electrons. The van der Waals surface area contributed by atoms with Crippen LogP contribution in [0.25, 0.3) is 0 Å². The van der Waals surface area contributed by atoms with E-state index in [-0.39, 0.29) is 0 Å². The first-order chi connectivity index (χ1) is 10.6. The number of unbranched alkanes of at least 4 members (excludes halogenated alkanes) is 1. The smallest absolute Gasteiger partial charge is 0.320 e. The van der Waals surface area contributed by atoms with E-state index in [9.17, 15) is 9.90 Å². The van der Waals surface area contributed by atoms with Crippen molar-refractivity contribution in [3.8, 4) is 11.5 Å². The van der Waals surface area contributed by atoms with Gasteiger partial charge in [-0.2, -0.15) is 0 Å². The van der Waals surface area contributed by atoms with Crippen LogP contribution in [0.4, 0.5) is 0 Å². The van der Waals surface area contributed by atoms with Crippen LogP contribution in [0, 0.1) is 0 Å². The van der Waals surface area contributed by atoms with Crippen LogP contribution >= 0.6 is 15.9 Å². The van der Waals surface area contributed by atoms with Gasteiger partial charge in [0, 0.05) is 13.0 Å². The van der Waals surface area contributed by atoms with Gasteiger partial charge in [-0.05, 0) is 40.0 Å². The Morgan fingerprint density at radius 3 is 2.91 bits per heavy atom. The number of fused-ring (bicyclic) bond motifs is 1. The van der Waals surface area contributed by atoms with Gasteiger partial charge in [0.25, 0.3) is 0 Å². The number of carboxylic acids is 1. The molecule has 0 fully saturated rings. The number of hydrogen-bond acceptors (Lipinski definition) is 4. The monoisotopic (exact) mass is 371 g/mol. The van der Waals surface area contributed by atoms with Crippen LogP contribution in [0.15, 0.2) is 16.6 Å². The molecule has 1 unspecified atom stereocenters. The topological polar surface area (TPSA) is 67.8 Å². The number of nitrogens with one attached hydrogen (secondary N) is 1. The molecule has 0 bridgehead atoms. The van der Waals surface area contributed by atoms with Crippen molar-refractivity contribution in [2.45, 2.75) is 45.2 Å². The van der Waals surface area contributed by atoms with E-state index in [1.165, 1.54) is 0 Å². The molecular formula is C16H22BrNO4. The molecule has 1 aromatic rings. The summed E-state index contributed by atoms with van der Waals surface area (Å²) in [5.74, 6) is 0.632. The van der Waals surface area contributed by atoms with Crippen LogP contribution < -0.4 is 14.8 Å². The molecule has 1 aromatic carbocycles. The van der Waals surface area contributed by atoms with Gasteiger partial charge < -0.3 is 19.9 Å². The zero-order valence-corrected chi connectivity index (χ0v) is 14.3. The Kier molecular flexibility index (Phi) is 6.51. The van der Waals surface area contributed by atoms with E-state index in [1.807, 2.05) is 12.1 Å². The summed E-state index contributed by atoms with van der Waals surface area (Å²) >= 11 is 3.50. The highest BCUT2D eigenvalue weighted by atomic mass is 79.9. The van der Waals surface area contributed by atoms with Crippen molar-refractivity contribution in [1.29, 1.82) is 0 Å². The van der Waals surface area contributed by atoms with Crippen LogP contribution in [-0.2, 0) is 11.3 Å². The number of aliphatic carboxylic acids is 1. The number of ether oxygens (including phenoxy) is 2. The molecule has 2 rings (SSSR count). The first kappa shape index (κ1) is 17.1. The Morgan fingerprint density at radius 1 is 1.41 bits per heavy atom. The van der Waals surface area contributed by atoms with Crippen LogP contribution in [0.1, 0.15) is 38.2 Å². The minimum absolute atomic E-state index is 0.482. The molecule has 0 aliphatic carbocycles. The van der Waals surface area contributed by atoms with E-state index in [2.05, 4.69) is 28.2 Å². The van der Waals surface area contributed by atoms with Crippen molar-refractivity contribution in [1.82, 2.24) is 5.32 Å². The van der Waals surface area contributed by atoms with Gasteiger partial charge >= 0.3 is 5.97 Å². The molecule has 0 aromatic heterocycles. The molecule has 0 amide bonds. The second-order valence-corrected chi connectivity index (χ2v) is 6.22.